The zero-order valence-corrected chi connectivity index (χ0v) is 21.2. The number of nitrogen functional groups attached to an aromatic ring is 1. The molecule has 32 heavy (non-hydrogen) atoms. The molecule has 0 atom stereocenters. The van der Waals surface area contributed by atoms with Gasteiger partial charge in [0, 0.05) is 27.4 Å². The molecule has 2 N–H and O–H groups in total. The number of anilines is 1. The molecule has 0 saturated carbocycles. The minimum Gasteiger partial charge on any atom is -0.397 e. The average molecular weight is 562 g/mol. The van der Waals surface area contributed by atoms with E-state index in [9.17, 15) is 10.1 Å². The summed E-state index contributed by atoms with van der Waals surface area (Å²) in [5.41, 5.74) is 10.1. The lowest BCUT2D eigenvalue weighted by molar-refractivity contribution is -0.384. The van der Waals surface area contributed by atoms with Gasteiger partial charge in [-0.1, -0.05) is 31.9 Å². The van der Waals surface area contributed by atoms with E-state index in [1.807, 2.05) is 56.7 Å². The van der Waals surface area contributed by atoms with Crippen LogP contribution in [0.2, 0.25) is 0 Å². The predicted octanol–water partition coefficient (Wildman–Crippen LogP) is 5.99. The fourth-order valence-corrected chi connectivity index (χ4v) is 4.04. The summed E-state index contributed by atoms with van der Waals surface area (Å²) >= 11 is 6.62. The van der Waals surface area contributed by atoms with Crippen LogP contribution in [0, 0.1) is 37.8 Å². The Hall–Kier alpha value is -2.98. The van der Waals surface area contributed by atoms with Gasteiger partial charge in [0.05, 0.1) is 27.7 Å². The standard InChI is InChI=1S/C11H10BrN3O2.C11H12BrN3/c1-7-6-14(8(2)13-7)10-4-3-9(12)5-11(10)15(16)17;1-7-6-15(8(2)14-7)11-4-3-9(12)5-10(11)13/h3-6H,1-2H3;3-6H,13H2,1-2H3. The smallest absolute Gasteiger partial charge is 0.294 e. The van der Waals surface area contributed by atoms with E-state index in [0.717, 1.165) is 38.9 Å². The Labute approximate surface area is 202 Å². The van der Waals surface area contributed by atoms with Crippen LogP contribution in [0.4, 0.5) is 11.4 Å². The number of nitro groups is 1. The van der Waals surface area contributed by atoms with Crippen LogP contribution >= 0.6 is 31.9 Å². The highest BCUT2D eigenvalue weighted by Crippen LogP contribution is 2.28. The lowest BCUT2D eigenvalue weighted by Gasteiger charge is -2.08. The molecule has 0 spiro atoms. The first kappa shape index (κ1) is 23.7. The molecule has 166 valence electrons. The normalized spacial score (nSPS) is 10.6. The third-order valence-electron chi connectivity index (χ3n) is 4.65. The zero-order chi connectivity index (χ0) is 23.6. The average Bonchev–Trinajstić information content (AvgIpc) is 3.22. The Morgan fingerprint density at radius 1 is 0.844 bits per heavy atom. The van der Waals surface area contributed by atoms with E-state index in [1.165, 1.54) is 6.07 Å². The second-order valence-corrected chi connectivity index (χ2v) is 9.02. The van der Waals surface area contributed by atoms with Crippen molar-refractivity contribution in [2.45, 2.75) is 27.7 Å². The molecule has 2 aromatic heterocycles. The van der Waals surface area contributed by atoms with Crippen LogP contribution < -0.4 is 5.73 Å². The number of benzene rings is 2. The number of imidazole rings is 2. The first-order valence-electron chi connectivity index (χ1n) is 9.61. The van der Waals surface area contributed by atoms with E-state index in [-0.39, 0.29) is 5.69 Å². The van der Waals surface area contributed by atoms with Crippen molar-refractivity contribution in [1.82, 2.24) is 19.1 Å². The monoisotopic (exact) mass is 560 g/mol. The number of aryl methyl sites for hydroxylation is 4. The van der Waals surface area contributed by atoms with E-state index in [2.05, 4.69) is 41.8 Å². The molecular formula is C22H22Br2N6O2. The lowest BCUT2D eigenvalue weighted by Crippen LogP contribution is -2.01. The summed E-state index contributed by atoms with van der Waals surface area (Å²) in [5.74, 6) is 1.68. The Balaban J connectivity index is 0.000000182. The quantitative estimate of drug-likeness (QED) is 0.188. The lowest BCUT2D eigenvalue weighted by atomic mass is 10.2. The molecule has 0 bridgehead atoms. The first-order chi connectivity index (χ1) is 15.1. The van der Waals surface area contributed by atoms with Gasteiger partial charge in [0.25, 0.3) is 5.69 Å². The van der Waals surface area contributed by atoms with Gasteiger partial charge in [0.2, 0.25) is 0 Å². The number of rotatable bonds is 3. The second kappa shape index (κ2) is 9.66. The van der Waals surface area contributed by atoms with Crippen molar-refractivity contribution >= 4 is 43.2 Å². The molecule has 8 nitrogen and oxygen atoms in total. The van der Waals surface area contributed by atoms with Gasteiger partial charge in [-0.3, -0.25) is 14.7 Å². The highest BCUT2D eigenvalue weighted by molar-refractivity contribution is 9.10. The summed E-state index contributed by atoms with van der Waals surface area (Å²) in [5, 5.41) is 11.0. The summed E-state index contributed by atoms with van der Waals surface area (Å²) in [7, 11) is 0. The van der Waals surface area contributed by atoms with Gasteiger partial charge in [-0.25, -0.2) is 9.97 Å². The van der Waals surface area contributed by atoms with Crippen LogP contribution in [0.1, 0.15) is 23.0 Å². The number of nitrogens with zero attached hydrogens (tertiary/aromatic N) is 5. The fourth-order valence-electron chi connectivity index (χ4n) is 3.32. The van der Waals surface area contributed by atoms with Crippen LogP contribution in [0.25, 0.3) is 11.4 Å². The first-order valence-corrected chi connectivity index (χ1v) is 11.2. The molecule has 2 aromatic carbocycles. The van der Waals surface area contributed by atoms with Crippen LogP contribution in [-0.2, 0) is 0 Å². The molecule has 0 aliphatic rings. The van der Waals surface area contributed by atoms with E-state index >= 15 is 0 Å². The second-order valence-electron chi connectivity index (χ2n) is 7.19. The van der Waals surface area contributed by atoms with Crippen LogP contribution in [0.5, 0.6) is 0 Å². The van der Waals surface area contributed by atoms with Crippen molar-refractivity contribution in [1.29, 1.82) is 0 Å². The molecule has 0 amide bonds. The number of aromatic nitrogens is 4. The van der Waals surface area contributed by atoms with Crippen molar-refractivity contribution < 1.29 is 4.92 Å². The molecule has 0 fully saturated rings. The van der Waals surface area contributed by atoms with E-state index in [4.69, 9.17) is 5.73 Å². The van der Waals surface area contributed by atoms with Crippen molar-refractivity contribution in [2.75, 3.05) is 5.73 Å². The van der Waals surface area contributed by atoms with Crippen molar-refractivity contribution in [3.63, 3.8) is 0 Å². The Morgan fingerprint density at radius 2 is 1.31 bits per heavy atom. The molecule has 4 rings (SSSR count). The Morgan fingerprint density at radius 3 is 1.75 bits per heavy atom. The molecular weight excluding hydrogens is 540 g/mol. The molecule has 0 saturated heterocycles. The molecule has 4 aromatic rings. The van der Waals surface area contributed by atoms with Crippen molar-refractivity contribution in [3.8, 4) is 11.4 Å². The third kappa shape index (κ3) is 5.25. The highest BCUT2D eigenvalue weighted by Gasteiger charge is 2.17. The third-order valence-corrected chi connectivity index (χ3v) is 5.63. The van der Waals surface area contributed by atoms with Crippen molar-refractivity contribution in [2.24, 2.45) is 0 Å². The van der Waals surface area contributed by atoms with Gasteiger partial charge in [-0.2, -0.15) is 0 Å². The fraction of sp³-hybridized carbons (Fsp3) is 0.182. The summed E-state index contributed by atoms with van der Waals surface area (Å²) < 4.78 is 5.39. The molecule has 0 aliphatic carbocycles. The van der Waals surface area contributed by atoms with Gasteiger partial charge in [-0.15, -0.1) is 0 Å². The Kier molecular flexibility index (Phi) is 7.15. The molecule has 0 radical (unpaired) electrons. The van der Waals surface area contributed by atoms with E-state index < -0.39 is 4.92 Å². The minimum atomic E-state index is -0.394. The van der Waals surface area contributed by atoms with Crippen molar-refractivity contribution in [3.05, 3.63) is 90.9 Å². The van der Waals surface area contributed by atoms with Gasteiger partial charge in [0.15, 0.2) is 0 Å². The summed E-state index contributed by atoms with van der Waals surface area (Å²) in [4.78, 5) is 19.2. The molecule has 0 aliphatic heterocycles. The summed E-state index contributed by atoms with van der Waals surface area (Å²) in [6, 6.07) is 10.8. The molecule has 10 heteroatoms. The van der Waals surface area contributed by atoms with Gasteiger partial charge >= 0.3 is 0 Å². The van der Waals surface area contributed by atoms with E-state index in [0.29, 0.717) is 10.2 Å². The zero-order valence-electron chi connectivity index (χ0n) is 18.0. The van der Waals surface area contributed by atoms with Crippen LogP contribution in [0.3, 0.4) is 0 Å². The topological polar surface area (TPSA) is 105 Å². The summed E-state index contributed by atoms with van der Waals surface area (Å²) in [6.45, 7) is 7.61. The maximum absolute atomic E-state index is 11.0. The maximum atomic E-state index is 11.0. The van der Waals surface area contributed by atoms with Crippen LogP contribution in [-0.4, -0.2) is 24.0 Å². The SMILES string of the molecule is Cc1cn(-c2ccc(Br)cc2N)c(C)n1.Cc1cn(-c2ccc(Br)cc2[N+](=O)[O-])c(C)n1. The van der Waals surface area contributed by atoms with E-state index in [1.54, 1.807) is 22.9 Å². The minimum absolute atomic E-state index is 0.0554. The Bertz CT molecular complexity index is 1300. The van der Waals surface area contributed by atoms with Gasteiger partial charge < -0.3 is 10.3 Å². The number of nitrogens with two attached hydrogens (primary N) is 1. The number of hydrogen-bond acceptors (Lipinski definition) is 5. The van der Waals surface area contributed by atoms with Crippen LogP contribution in [0.15, 0.2) is 57.7 Å². The molecule has 0 unspecified atom stereocenters. The number of halogens is 2. The largest absolute Gasteiger partial charge is 0.397 e. The van der Waals surface area contributed by atoms with Gasteiger partial charge in [0.1, 0.15) is 17.3 Å². The number of hydrogen-bond donors (Lipinski definition) is 1. The maximum Gasteiger partial charge on any atom is 0.294 e. The predicted molar refractivity (Wildman–Crippen MR) is 133 cm³/mol. The number of nitro benzene ring substituents is 1. The summed E-state index contributed by atoms with van der Waals surface area (Å²) in [6.07, 6.45) is 3.76. The molecule has 2 heterocycles. The van der Waals surface area contributed by atoms with Gasteiger partial charge in [-0.05, 0) is 58.0 Å². The highest BCUT2D eigenvalue weighted by atomic mass is 79.9.